The van der Waals surface area contributed by atoms with Crippen molar-refractivity contribution in [1.29, 1.82) is 0 Å². The average molecular weight is 162 g/mol. The van der Waals surface area contributed by atoms with E-state index in [1.165, 1.54) is 16.7 Å². The van der Waals surface area contributed by atoms with Crippen LogP contribution in [0.25, 0.3) is 6.08 Å². The van der Waals surface area contributed by atoms with Crippen molar-refractivity contribution in [3.8, 4) is 0 Å². The van der Waals surface area contributed by atoms with Gasteiger partial charge in [-0.05, 0) is 30.5 Å². The minimum atomic E-state index is 1.27. The Labute approximate surface area is 75.9 Å². The summed E-state index contributed by atoms with van der Waals surface area (Å²) in [4.78, 5) is 0. The van der Waals surface area contributed by atoms with Crippen LogP contribution in [0.3, 0.4) is 0 Å². The van der Waals surface area contributed by atoms with Crippen molar-refractivity contribution in [2.45, 2.75) is 27.7 Å². The van der Waals surface area contributed by atoms with E-state index >= 15 is 0 Å². The summed E-state index contributed by atoms with van der Waals surface area (Å²) in [6, 6.07) is 6.27. The highest BCUT2D eigenvalue weighted by Gasteiger charge is 1.94. The molecule has 0 unspecified atom stereocenters. The lowest BCUT2D eigenvalue weighted by Gasteiger charge is -2.02. The molecule has 0 fully saturated rings. The normalized spacial score (nSPS) is 8.33. The molecule has 12 heavy (non-hydrogen) atoms. The summed E-state index contributed by atoms with van der Waals surface area (Å²) < 4.78 is 0. The molecule has 66 valence electrons. The van der Waals surface area contributed by atoms with Crippen molar-refractivity contribution in [1.82, 2.24) is 0 Å². The maximum absolute atomic E-state index is 3.75. The first-order valence-electron chi connectivity index (χ1n) is 4.44. The van der Waals surface area contributed by atoms with Crippen molar-refractivity contribution in [2.75, 3.05) is 0 Å². The second-order valence-corrected chi connectivity index (χ2v) is 2.51. The van der Waals surface area contributed by atoms with E-state index in [1.54, 1.807) is 0 Å². The Morgan fingerprint density at radius 3 is 1.75 bits per heavy atom. The number of rotatable bonds is 1. The lowest BCUT2D eigenvalue weighted by atomic mass is 10.0. The summed E-state index contributed by atoms with van der Waals surface area (Å²) in [6.07, 6.45) is 1.91. The lowest BCUT2D eigenvalue weighted by Crippen LogP contribution is -1.83. The Bertz CT molecular complexity index is 226. The highest BCUT2D eigenvalue weighted by molar-refractivity contribution is 5.55. The van der Waals surface area contributed by atoms with Crippen LogP contribution < -0.4 is 0 Å². The zero-order valence-corrected chi connectivity index (χ0v) is 8.52. The summed E-state index contributed by atoms with van der Waals surface area (Å²) in [6.45, 7) is 12.0. The maximum Gasteiger partial charge on any atom is -0.0204 e. The molecule has 0 spiro atoms. The molecule has 0 aromatic heterocycles. The molecule has 0 aliphatic heterocycles. The van der Waals surface area contributed by atoms with Crippen LogP contribution in [0.1, 0.15) is 30.5 Å². The van der Waals surface area contributed by atoms with Gasteiger partial charge < -0.3 is 0 Å². The van der Waals surface area contributed by atoms with E-state index in [4.69, 9.17) is 0 Å². The SMILES string of the molecule is C=Cc1c(C)cccc1C.CC. The van der Waals surface area contributed by atoms with Crippen LogP contribution in [0.5, 0.6) is 0 Å². The monoisotopic (exact) mass is 162 g/mol. The van der Waals surface area contributed by atoms with E-state index in [9.17, 15) is 0 Å². The summed E-state index contributed by atoms with van der Waals surface area (Å²) in [5, 5.41) is 0. The number of aryl methyl sites for hydroxylation is 2. The Morgan fingerprint density at radius 2 is 1.50 bits per heavy atom. The summed E-state index contributed by atoms with van der Waals surface area (Å²) in [5.41, 5.74) is 3.87. The third-order valence-corrected chi connectivity index (χ3v) is 1.75. The molecule has 0 saturated carbocycles. The molecule has 0 heteroatoms. The van der Waals surface area contributed by atoms with Crippen molar-refractivity contribution in [2.24, 2.45) is 0 Å². The third-order valence-electron chi connectivity index (χ3n) is 1.75. The zero-order chi connectivity index (χ0) is 9.56. The highest BCUT2D eigenvalue weighted by Crippen LogP contribution is 2.13. The lowest BCUT2D eigenvalue weighted by molar-refractivity contribution is 1.36. The minimum Gasteiger partial charge on any atom is -0.0985 e. The van der Waals surface area contributed by atoms with Crippen molar-refractivity contribution in [3.63, 3.8) is 0 Å². The molecule has 1 aromatic rings. The van der Waals surface area contributed by atoms with Gasteiger partial charge in [0.2, 0.25) is 0 Å². The summed E-state index contributed by atoms with van der Waals surface area (Å²) in [5.74, 6) is 0. The van der Waals surface area contributed by atoms with Gasteiger partial charge in [0.1, 0.15) is 0 Å². The molecule has 0 amide bonds. The number of hydrogen-bond donors (Lipinski definition) is 0. The zero-order valence-electron chi connectivity index (χ0n) is 8.52. The Balaban J connectivity index is 0.000000561. The summed E-state index contributed by atoms with van der Waals surface area (Å²) >= 11 is 0. The number of hydrogen-bond acceptors (Lipinski definition) is 0. The standard InChI is InChI=1S/C10H12.C2H6/c1-4-10-8(2)6-5-7-9(10)3;1-2/h4-7H,1H2,2-3H3;1-2H3. The first-order valence-corrected chi connectivity index (χ1v) is 4.44. The van der Waals surface area contributed by atoms with Gasteiger partial charge in [-0.2, -0.15) is 0 Å². The van der Waals surface area contributed by atoms with Crippen LogP contribution in [0.15, 0.2) is 24.8 Å². The van der Waals surface area contributed by atoms with Gasteiger partial charge in [-0.3, -0.25) is 0 Å². The fourth-order valence-corrected chi connectivity index (χ4v) is 1.15. The van der Waals surface area contributed by atoms with Gasteiger partial charge in [-0.15, -0.1) is 0 Å². The summed E-state index contributed by atoms with van der Waals surface area (Å²) in [7, 11) is 0. The second kappa shape index (κ2) is 5.59. The van der Waals surface area contributed by atoms with Gasteiger partial charge in [0.15, 0.2) is 0 Å². The van der Waals surface area contributed by atoms with Crippen LogP contribution in [0.2, 0.25) is 0 Å². The molecule has 0 saturated heterocycles. The molecular formula is C12H18. The van der Waals surface area contributed by atoms with Crippen molar-refractivity contribution in [3.05, 3.63) is 41.5 Å². The first-order chi connectivity index (χ1) is 5.75. The van der Waals surface area contributed by atoms with Crippen LogP contribution in [-0.4, -0.2) is 0 Å². The van der Waals surface area contributed by atoms with E-state index in [1.807, 2.05) is 19.9 Å². The Kier molecular flexibility index (Phi) is 5.11. The van der Waals surface area contributed by atoms with Gasteiger partial charge >= 0.3 is 0 Å². The Hall–Kier alpha value is -1.04. The van der Waals surface area contributed by atoms with Gasteiger partial charge in [0.05, 0.1) is 0 Å². The van der Waals surface area contributed by atoms with E-state index in [2.05, 4.69) is 38.6 Å². The van der Waals surface area contributed by atoms with Crippen LogP contribution >= 0.6 is 0 Å². The quantitative estimate of drug-likeness (QED) is 0.586. The molecule has 0 heterocycles. The molecule has 0 atom stereocenters. The smallest absolute Gasteiger partial charge is 0.0204 e. The van der Waals surface area contributed by atoms with Gasteiger partial charge in [-0.25, -0.2) is 0 Å². The third kappa shape index (κ3) is 2.54. The topological polar surface area (TPSA) is 0 Å². The number of benzene rings is 1. The molecule has 1 rings (SSSR count). The highest BCUT2D eigenvalue weighted by atomic mass is 14.0. The minimum absolute atomic E-state index is 1.27. The second-order valence-electron chi connectivity index (χ2n) is 2.51. The predicted molar refractivity (Wildman–Crippen MR) is 57.4 cm³/mol. The van der Waals surface area contributed by atoms with E-state index in [-0.39, 0.29) is 0 Å². The average Bonchev–Trinajstić information content (AvgIpc) is 2.08. The van der Waals surface area contributed by atoms with Crippen LogP contribution in [-0.2, 0) is 0 Å². The van der Waals surface area contributed by atoms with E-state index < -0.39 is 0 Å². The molecule has 0 radical (unpaired) electrons. The maximum atomic E-state index is 3.75. The van der Waals surface area contributed by atoms with Gasteiger partial charge in [0.25, 0.3) is 0 Å². The van der Waals surface area contributed by atoms with Crippen molar-refractivity contribution < 1.29 is 0 Å². The van der Waals surface area contributed by atoms with Crippen LogP contribution in [0.4, 0.5) is 0 Å². The molecule has 0 N–H and O–H groups in total. The fourth-order valence-electron chi connectivity index (χ4n) is 1.15. The van der Waals surface area contributed by atoms with E-state index in [0.717, 1.165) is 0 Å². The molecule has 0 aliphatic carbocycles. The van der Waals surface area contributed by atoms with Crippen LogP contribution in [0, 0.1) is 13.8 Å². The predicted octanol–water partition coefficient (Wildman–Crippen LogP) is 3.97. The fraction of sp³-hybridized carbons (Fsp3) is 0.333. The first kappa shape index (κ1) is 11.0. The van der Waals surface area contributed by atoms with Gasteiger partial charge in [0, 0.05) is 0 Å². The molecule has 1 aromatic carbocycles. The largest absolute Gasteiger partial charge is 0.0985 e. The van der Waals surface area contributed by atoms with Crippen molar-refractivity contribution >= 4 is 6.08 Å². The van der Waals surface area contributed by atoms with E-state index in [0.29, 0.717) is 0 Å². The molecule has 0 aliphatic rings. The Morgan fingerprint density at radius 1 is 1.08 bits per heavy atom. The van der Waals surface area contributed by atoms with Gasteiger partial charge in [-0.1, -0.05) is 44.7 Å². The molecule has 0 bridgehead atoms. The molecular weight excluding hydrogens is 144 g/mol. The molecule has 0 nitrogen and oxygen atoms in total.